The Labute approximate surface area is 272 Å². The molecular weight excluding hydrogens is 592 g/mol. The highest BCUT2D eigenvalue weighted by atomic mass is 16.3. The van der Waals surface area contributed by atoms with Crippen LogP contribution in [0.3, 0.4) is 0 Å². The van der Waals surface area contributed by atoms with Crippen LogP contribution in [0.15, 0.2) is 114 Å². The molecule has 0 unspecified atom stereocenters. The van der Waals surface area contributed by atoms with E-state index in [0.29, 0.717) is 35.3 Å². The molecule has 5 aromatic rings. The van der Waals surface area contributed by atoms with Gasteiger partial charge in [-0.05, 0) is 53.4 Å². The summed E-state index contributed by atoms with van der Waals surface area (Å²) in [7, 11) is 0. The third-order valence-electron chi connectivity index (χ3n) is 9.57. The zero-order valence-electron chi connectivity index (χ0n) is 26.0. The van der Waals surface area contributed by atoms with E-state index in [1.807, 2.05) is 78.9 Å². The third kappa shape index (κ3) is 5.27. The molecule has 47 heavy (non-hydrogen) atoms. The summed E-state index contributed by atoms with van der Waals surface area (Å²) in [4.78, 5) is 43.4. The number of benzene rings is 4. The van der Waals surface area contributed by atoms with Crippen molar-refractivity contribution >= 4 is 28.4 Å². The van der Waals surface area contributed by atoms with Gasteiger partial charge in [0.05, 0.1) is 41.5 Å². The highest BCUT2D eigenvalue weighted by Gasteiger charge is 2.52. The smallest absolute Gasteiger partial charge is 0.279 e. The first-order chi connectivity index (χ1) is 22.8. The lowest BCUT2D eigenvalue weighted by Gasteiger charge is -2.36. The number of aliphatic hydroxyl groups excluding tert-OH is 1. The fraction of sp³-hybridized carbons (Fsp3) is 0.237. The summed E-state index contributed by atoms with van der Waals surface area (Å²) < 4.78 is 1.50. The number of para-hydroxylation sites is 2. The summed E-state index contributed by atoms with van der Waals surface area (Å²) in [5.74, 6) is -1.18. The van der Waals surface area contributed by atoms with Gasteiger partial charge < -0.3 is 20.0 Å². The first kappa shape index (κ1) is 30.4. The van der Waals surface area contributed by atoms with E-state index in [2.05, 4.69) is 5.10 Å². The summed E-state index contributed by atoms with van der Waals surface area (Å²) >= 11 is 0. The van der Waals surface area contributed by atoms with Gasteiger partial charge in [0, 0.05) is 24.4 Å². The van der Waals surface area contributed by atoms with Gasteiger partial charge in [-0.1, -0.05) is 85.8 Å². The highest BCUT2D eigenvalue weighted by Crippen LogP contribution is 2.45. The molecule has 3 heterocycles. The second-order valence-corrected chi connectivity index (χ2v) is 12.4. The van der Waals surface area contributed by atoms with Crippen molar-refractivity contribution in [1.82, 2.24) is 14.7 Å². The van der Waals surface area contributed by atoms with Crippen LogP contribution in [-0.2, 0) is 34.7 Å². The van der Waals surface area contributed by atoms with E-state index in [-0.39, 0.29) is 37.1 Å². The Kier molecular flexibility index (Phi) is 7.87. The van der Waals surface area contributed by atoms with E-state index in [1.54, 1.807) is 47.1 Å². The molecule has 0 saturated carbocycles. The average molecular weight is 629 g/mol. The summed E-state index contributed by atoms with van der Waals surface area (Å²) in [6.07, 6.45) is 4.13. The molecule has 0 bridgehead atoms. The summed E-state index contributed by atoms with van der Waals surface area (Å²) in [6, 6.07) is 29.6. The number of aliphatic hydroxyl groups is 2. The number of carbonyl (C=O) groups is 2. The number of amides is 2. The van der Waals surface area contributed by atoms with E-state index in [1.165, 1.54) is 4.68 Å². The van der Waals surface area contributed by atoms with Crippen LogP contribution in [-0.4, -0.2) is 49.4 Å². The Balaban J connectivity index is 1.07. The summed E-state index contributed by atoms with van der Waals surface area (Å²) in [5, 5.41) is 25.7. The first-order valence-electron chi connectivity index (χ1n) is 15.9. The number of nitrogens with one attached hydrogen (secondary N) is 1. The molecule has 0 saturated heterocycles. The van der Waals surface area contributed by atoms with Gasteiger partial charge in [-0.3, -0.25) is 19.5 Å². The standard InChI is InChI=1S/C38H36N4O5/c1-25(9-8-16-35(44)40-23-28-11-3-2-10-27(28)21-30(40)24-43)38(47)32-13-5-7-15-34(32)41(37(38)46)22-26-17-19-29(20-18-26)42-36(45)31-12-4-6-14-33(31)39-42/h2-15,17-20,25,30,39,43,47H,16,21-24H2,1H3/b9-8+/t25-,30-,38+/m0/s1. The molecule has 0 aliphatic carbocycles. The Hall–Kier alpha value is -5.25. The normalized spacial score (nSPS) is 19.7. The number of hydrogen-bond acceptors (Lipinski definition) is 5. The fourth-order valence-electron chi connectivity index (χ4n) is 6.90. The van der Waals surface area contributed by atoms with Crippen molar-refractivity contribution < 1.29 is 19.8 Å². The number of fused-ring (bicyclic) bond motifs is 3. The van der Waals surface area contributed by atoms with Gasteiger partial charge in [-0.25, -0.2) is 4.68 Å². The SMILES string of the molecule is C[C@@H](/C=C/CC(=O)N1Cc2ccccc2C[C@H]1CO)[C@]1(O)C(=O)N(Cc2ccc(-n3[nH]c4ccccc4c3=O)cc2)c2ccccc21. The van der Waals surface area contributed by atoms with Crippen molar-refractivity contribution in [2.24, 2.45) is 5.92 Å². The van der Waals surface area contributed by atoms with Gasteiger partial charge in [-0.2, -0.15) is 0 Å². The van der Waals surface area contributed by atoms with E-state index in [9.17, 15) is 24.6 Å². The van der Waals surface area contributed by atoms with Crippen LogP contribution in [0.4, 0.5) is 5.69 Å². The molecule has 2 aliphatic heterocycles. The predicted octanol–water partition coefficient (Wildman–Crippen LogP) is 4.58. The highest BCUT2D eigenvalue weighted by molar-refractivity contribution is 6.07. The largest absolute Gasteiger partial charge is 0.394 e. The van der Waals surface area contributed by atoms with Crippen molar-refractivity contribution in [1.29, 1.82) is 0 Å². The molecule has 3 atom stereocenters. The Morgan fingerprint density at radius 1 is 0.957 bits per heavy atom. The molecule has 0 radical (unpaired) electrons. The maximum atomic E-state index is 14.0. The third-order valence-corrected chi connectivity index (χ3v) is 9.57. The van der Waals surface area contributed by atoms with Crippen LogP contribution >= 0.6 is 0 Å². The molecule has 2 amide bonds. The molecule has 0 spiro atoms. The molecule has 9 heteroatoms. The van der Waals surface area contributed by atoms with E-state index < -0.39 is 17.4 Å². The summed E-state index contributed by atoms with van der Waals surface area (Å²) in [5.41, 5.74) is 3.67. The monoisotopic (exact) mass is 628 g/mol. The van der Waals surface area contributed by atoms with Crippen molar-refractivity contribution in [2.45, 2.75) is 44.5 Å². The summed E-state index contributed by atoms with van der Waals surface area (Å²) in [6.45, 7) is 2.33. The number of nitrogens with zero attached hydrogens (tertiary/aromatic N) is 3. The fourth-order valence-corrected chi connectivity index (χ4v) is 6.90. The lowest BCUT2D eigenvalue weighted by Crippen LogP contribution is -2.46. The molecule has 4 aromatic carbocycles. The van der Waals surface area contributed by atoms with E-state index in [0.717, 1.165) is 22.2 Å². The lowest BCUT2D eigenvalue weighted by atomic mass is 9.83. The quantitative estimate of drug-likeness (QED) is 0.218. The van der Waals surface area contributed by atoms with Crippen LogP contribution in [0.1, 0.15) is 35.6 Å². The van der Waals surface area contributed by atoms with Gasteiger partial charge in [-0.15, -0.1) is 0 Å². The van der Waals surface area contributed by atoms with Gasteiger partial charge in [0.25, 0.3) is 11.5 Å². The Bertz CT molecular complexity index is 2060. The van der Waals surface area contributed by atoms with Gasteiger partial charge in [0.15, 0.2) is 5.60 Å². The average Bonchev–Trinajstić information content (AvgIpc) is 3.55. The van der Waals surface area contributed by atoms with Crippen LogP contribution in [0.25, 0.3) is 16.6 Å². The zero-order chi connectivity index (χ0) is 32.7. The molecule has 7 rings (SSSR count). The lowest BCUT2D eigenvalue weighted by molar-refractivity contribution is -0.139. The zero-order valence-corrected chi connectivity index (χ0v) is 26.0. The molecule has 0 fully saturated rings. The maximum absolute atomic E-state index is 14.0. The Morgan fingerprint density at radius 2 is 1.66 bits per heavy atom. The molecule has 238 valence electrons. The number of aromatic amines is 1. The maximum Gasteiger partial charge on any atom is 0.279 e. The first-order valence-corrected chi connectivity index (χ1v) is 15.9. The minimum Gasteiger partial charge on any atom is -0.394 e. The van der Waals surface area contributed by atoms with Gasteiger partial charge in [0.2, 0.25) is 5.91 Å². The molecule has 3 N–H and O–H groups in total. The molecule has 1 aromatic heterocycles. The van der Waals surface area contributed by atoms with Crippen molar-refractivity contribution in [3.63, 3.8) is 0 Å². The van der Waals surface area contributed by atoms with Crippen molar-refractivity contribution in [3.05, 3.63) is 142 Å². The van der Waals surface area contributed by atoms with Gasteiger partial charge in [0.1, 0.15) is 0 Å². The number of carbonyl (C=O) groups excluding carboxylic acids is 2. The molecule has 9 nitrogen and oxygen atoms in total. The Morgan fingerprint density at radius 3 is 2.43 bits per heavy atom. The predicted molar refractivity (Wildman–Crippen MR) is 180 cm³/mol. The van der Waals surface area contributed by atoms with E-state index in [4.69, 9.17) is 0 Å². The van der Waals surface area contributed by atoms with Gasteiger partial charge >= 0.3 is 0 Å². The number of anilines is 1. The number of hydrogen-bond donors (Lipinski definition) is 3. The molecular formula is C38H36N4O5. The second kappa shape index (κ2) is 12.2. The van der Waals surface area contributed by atoms with Crippen molar-refractivity contribution in [2.75, 3.05) is 11.5 Å². The topological polar surface area (TPSA) is 119 Å². The number of aromatic nitrogens is 2. The van der Waals surface area contributed by atoms with Crippen molar-refractivity contribution in [3.8, 4) is 5.69 Å². The minimum atomic E-state index is -1.81. The van der Waals surface area contributed by atoms with Crippen LogP contribution in [0.2, 0.25) is 0 Å². The number of rotatable bonds is 8. The van der Waals surface area contributed by atoms with Crippen LogP contribution in [0, 0.1) is 5.92 Å². The number of H-pyrrole nitrogens is 1. The van der Waals surface area contributed by atoms with E-state index >= 15 is 0 Å². The minimum absolute atomic E-state index is 0.0877. The van der Waals surface area contributed by atoms with Crippen LogP contribution < -0.4 is 10.5 Å². The second-order valence-electron chi connectivity index (χ2n) is 12.4. The van der Waals surface area contributed by atoms with Crippen LogP contribution in [0.5, 0.6) is 0 Å². The molecule has 2 aliphatic rings.